The highest BCUT2D eigenvalue weighted by Gasteiger charge is 1.73. The lowest BCUT2D eigenvalue weighted by Crippen LogP contribution is -1.89. The maximum Gasteiger partial charge on any atom is 0.108 e. The van der Waals surface area contributed by atoms with Crippen molar-refractivity contribution >= 4 is 0 Å². The molecule has 0 spiro atoms. The number of hydrogen-bond acceptors (Lipinski definition) is 1. The standard InChI is InChI=1S/C8H12O/c1-3-5-7-9-8-6-4-2/h3,5H,7-8H2,1-2H3. The molecule has 0 aliphatic carbocycles. The quantitative estimate of drug-likeness (QED) is 0.315. The van der Waals surface area contributed by atoms with Gasteiger partial charge in [-0.2, -0.15) is 0 Å². The van der Waals surface area contributed by atoms with Crippen LogP contribution in [0.3, 0.4) is 0 Å². The fourth-order valence-electron chi connectivity index (χ4n) is 0.346. The molecule has 0 atom stereocenters. The molecule has 0 rings (SSSR count). The minimum absolute atomic E-state index is 0.542. The molecule has 0 aliphatic heterocycles. The Morgan fingerprint density at radius 2 is 2.33 bits per heavy atom. The van der Waals surface area contributed by atoms with Gasteiger partial charge in [0.25, 0.3) is 0 Å². The summed E-state index contributed by atoms with van der Waals surface area (Å²) in [5, 5.41) is 0. The topological polar surface area (TPSA) is 9.23 Å². The molecule has 50 valence electrons. The molecule has 0 N–H and O–H groups in total. The van der Waals surface area contributed by atoms with Crippen molar-refractivity contribution in [2.75, 3.05) is 13.2 Å². The minimum Gasteiger partial charge on any atom is -0.365 e. The Morgan fingerprint density at radius 1 is 1.56 bits per heavy atom. The van der Waals surface area contributed by atoms with Crippen LogP contribution >= 0.6 is 0 Å². The van der Waals surface area contributed by atoms with E-state index in [1.165, 1.54) is 0 Å². The largest absolute Gasteiger partial charge is 0.365 e. The van der Waals surface area contributed by atoms with E-state index in [-0.39, 0.29) is 0 Å². The lowest BCUT2D eigenvalue weighted by molar-refractivity contribution is 0.199. The van der Waals surface area contributed by atoms with Crippen molar-refractivity contribution in [1.82, 2.24) is 0 Å². The molecule has 0 aromatic rings. The van der Waals surface area contributed by atoms with E-state index < -0.39 is 0 Å². The first kappa shape index (κ1) is 8.26. The van der Waals surface area contributed by atoms with Crippen LogP contribution < -0.4 is 0 Å². The molecule has 0 unspecified atom stereocenters. The molecular weight excluding hydrogens is 112 g/mol. The number of ether oxygens (including phenoxy) is 1. The van der Waals surface area contributed by atoms with Crippen molar-refractivity contribution in [2.24, 2.45) is 0 Å². The van der Waals surface area contributed by atoms with Crippen molar-refractivity contribution in [2.45, 2.75) is 13.8 Å². The summed E-state index contributed by atoms with van der Waals surface area (Å²) in [6.07, 6.45) is 3.91. The molecule has 0 bridgehead atoms. The zero-order chi connectivity index (χ0) is 6.95. The lowest BCUT2D eigenvalue weighted by atomic mass is 10.5. The molecule has 0 aromatic heterocycles. The molecule has 0 fully saturated rings. The first-order valence-corrected chi connectivity index (χ1v) is 3.00. The van der Waals surface area contributed by atoms with Crippen molar-refractivity contribution in [1.29, 1.82) is 0 Å². The summed E-state index contributed by atoms with van der Waals surface area (Å²) >= 11 is 0. The maximum atomic E-state index is 5.05. The van der Waals surface area contributed by atoms with E-state index in [4.69, 9.17) is 4.74 Å². The summed E-state index contributed by atoms with van der Waals surface area (Å²) in [6.45, 7) is 4.99. The average molecular weight is 124 g/mol. The summed E-state index contributed by atoms with van der Waals surface area (Å²) in [5.74, 6) is 5.55. The third kappa shape index (κ3) is 7.26. The van der Waals surface area contributed by atoms with Crippen LogP contribution in [0.5, 0.6) is 0 Å². The fourth-order valence-corrected chi connectivity index (χ4v) is 0.346. The number of allylic oxidation sites excluding steroid dienone is 1. The molecule has 0 amide bonds. The van der Waals surface area contributed by atoms with Crippen molar-refractivity contribution < 1.29 is 4.74 Å². The monoisotopic (exact) mass is 124 g/mol. The Morgan fingerprint density at radius 3 is 2.89 bits per heavy atom. The highest BCUT2D eigenvalue weighted by molar-refractivity contribution is 4.95. The first-order valence-electron chi connectivity index (χ1n) is 3.00. The van der Waals surface area contributed by atoms with Crippen LogP contribution in [0.1, 0.15) is 13.8 Å². The Labute approximate surface area is 56.7 Å². The summed E-state index contributed by atoms with van der Waals surface area (Å²) in [4.78, 5) is 0. The van der Waals surface area contributed by atoms with Gasteiger partial charge >= 0.3 is 0 Å². The Hall–Kier alpha value is -0.740. The van der Waals surface area contributed by atoms with Crippen LogP contribution in [0.4, 0.5) is 0 Å². The van der Waals surface area contributed by atoms with Gasteiger partial charge < -0.3 is 4.74 Å². The van der Waals surface area contributed by atoms with Crippen LogP contribution in [0.15, 0.2) is 12.2 Å². The SMILES string of the molecule is CC#CCOCC=CC. The van der Waals surface area contributed by atoms with Crippen molar-refractivity contribution in [3.8, 4) is 11.8 Å². The molecular formula is C8H12O. The molecule has 1 heteroatoms. The average Bonchev–Trinajstić information content (AvgIpc) is 1.89. The van der Waals surface area contributed by atoms with Crippen LogP contribution in [0, 0.1) is 11.8 Å². The Bertz CT molecular complexity index is 125. The lowest BCUT2D eigenvalue weighted by Gasteiger charge is -1.89. The van der Waals surface area contributed by atoms with E-state index in [1.807, 2.05) is 19.1 Å². The van der Waals surface area contributed by atoms with E-state index in [1.54, 1.807) is 6.92 Å². The molecule has 0 heterocycles. The van der Waals surface area contributed by atoms with E-state index >= 15 is 0 Å². The second kappa shape index (κ2) is 7.26. The van der Waals surface area contributed by atoms with Crippen molar-refractivity contribution in [3.05, 3.63) is 12.2 Å². The summed E-state index contributed by atoms with van der Waals surface area (Å²) in [7, 11) is 0. The van der Waals surface area contributed by atoms with Crippen LogP contribution in [0.2, 0.25) is 0 Å². The van der Waals surface area contributed by atoms with Gasteiger partial charge in [-0.15, -0.1) is 5.92 Å². The van der Waals surface area contributed by atoms with Crippen molar-refractivity contribution in [3.63, 3.8) is 0 Å². The summed E-state index contributed by atoms with van der Waals surface area (Å²) in [6, 6.07) is 0. The predicted octanol–water partition coefficient (Wildman–Crippen LogP) is 1.60. The minimum atomic E-state index is 0.542. The van der Waals surface area contributed by atoms with E-state index in [2.05, 4.69) is 11.8 Å². The Balaban J connectivity index is 2.97. The van der Waals surface area contributed by atoms with Crippen LogP contribution in [0.25, 0.3) is 0 Å². The number of rotatable bonds is 3. The smallest absolute Gasteiger partial charge is 0.108 e. The van der Waals surface area contributed by atoms with Gasteiger partial charge in [0.15, 0.2) is 0 Å². The summed E-state index contributed by atoms with van der Waals surface area (Å²) in [5.41, 5.74) is 0. The third-order valence-electron chi connectivity index (χ3n) is 0.801. The van der Waals surface area contributed by atoms with Gasteiger partial charge in [-0.3, -0.25) is 0 Å². The van der Waals surface area contributed by atoms with E-state index in [9.17, 15) is 0 Å². The third-order valence-corrected chi connectivity index (χ3v) is 0.801. The molecule has 0 saturated heterocycles. The first-order chi connectivity index (χ1) is 4.41. The van der Waals surface area contributed by atoms with Gasteiger partial charge in [-0.05, 0) is 13.8 Å². The van der Waals surface area contributed by atoms with Gasteiger partial charge in [-0.1, -0.05) is 18.1 Å². The van der Waals surface area contributed by atoms with Gasteiger partial charge in [-0.25, -0.2) is 0 Å². The van der Waals surface area contributed by atoms with Gasteiger partial charge in [0.1, 0.15) is 6.61 Å². The van der Waals surface area contributed by atoms with Gasteiger partial charge in [0.2, 0.25) is 0 Å². The zero-order valence-electron chi connectivity index (χ0n) is 5.98. The fraction of sp³-hybridized carbons (Fsp3) is 0.500. The normalized spacial score (nSPS) is 9.11. The second-order valence-electron chi connectivity index (χ2n) is 1.51. The highest BCUT2D eigenvalue weighted by Crippen LogP contribution is 1.74. The van der Waals surface area contributed by atoms with Gasteiger partial charge in [0.05, 0.1) is 6.61 Å². The zero-order valence-corrected chi connectivity index (χ0v) is 5.98. The second-order valence-corrected chi connectivity index (χ2v) is 1.51. The van der Waals surface area contributed by atoms with E-state index in [0.29, 0.717) is 13.2 Å². The van der Waals surface area contributed by atoms with Crippen LogP contribution in [-0.2, 0) is 4.74 Å². The van der Waals surface area contributed by atoms with Crippen LogP contribution in [-0.4, -0.2) is 13.2 Å². The molecule has 0 radical (unpaired) electrons. The number of hydrogen-bond donors (Lipinski definition) is 0. The summed E-state index contributed by atoms with van der Waals surface area (Å²) < 4.78 is 5.05. The highest BCUT2D eigenvalue weighted by atomic mass is 16.5. The predicted molar refractivity (Wildman–Crippen MR) is 39.1 cm³/mol. The molecule has 0 aromatic carbocycles. The van der Waals surface area contributed by atoms with E-state index in [0.717, 1.165) is 0 Å². The molecule has 9 heavy (non-hydrogen) atoms. The molecule has 1 nitrogen and oxygen atoms in total. The molecule has 0 aliphatic rings. The van der Waals surface area contributed by atoms with Gasteiger partial charge in [0, 0.05) is 0 Å². The Kier molecular flexibility index (Phi) is 6.66. The molecule has 0 saturated carbocycles. The maximum absolute atomic E-state index is 5.05.